The highest BCUT2D eigenvalue weighted by Crippen LogP contribution is 2.28. The fraction of sp³-hybridized carbons (Fsp3) is 0.125. The van der Waals surface area contributed by atoms with Crippen LogP contribution in [-0.2, 0) is 4.79 Å². The number of carbonyl (C=O) groups is 1. The summed E-state index contributed by atoms with van der Waals surface area (Å²) in [5.41, 5.74) is 4.76. The molecule has 4 aromatic rings. The third kappa shape index (κ3) is 5.84. The summed E-state index contributed by atoms with van der Waals surface area (Å²) in [5, 5.41) is 13.1. The van der Waals surface area contributed by atoms with Gasteiger partial charge in [-0.15, -0.1) is 10.2 Å². The first-order valence-corrected chi connectivity index (χ1v) is 11.4. The van der Waals surface area contributed by atoms with E-state index in [4.69, 9.17) is 4.74 Å². The van der Waals surface area contributed by atoms with Gasteiger partial charge in [0, 0.05) is 23.6 Å². The van der Waals surface area contributed by atoms with E-state index in [-0.39, 0.29) is 17.5 Å². The smallest absolute Gasteiger partial charge is 0.250 e. The highest BCUT2D eigenvalue weighted by Gasteiger charge is 2.17. The summed E-state index contributed by atoms with van der Waals surface area (Å²) in [4.78, 5) is 16.5. The molecule has 2 aromatic heterocycles. The van der Waals surface area contributed by atoms with Crippen molar-refractivity contribution in [2.45, 2.75) is 12.1 Å². The molecule has 0 aliphatic carbocycles. The first-order chi connectivity index (χ1) is 16.6. The monoisotopic (exact) mass is 476 g/mol. The molecule has 2 heterocycles. The molecule has 0 aliphatic heterocycles. The second-order valence-corrected chi connectivity index (χ2v) is 7.89. The lowest BCUT2D eigenvalue weighted by molar-refractivity contribution is -0.118. The zero-order valence-corrected chi connectivity index (χ0v) is 19.1. The largest absolute Gasteiger partial charge is 0.494 e. The fourth-order valence-corrected chi connectivity index (χ4v) is 3.77. The predicted octanol–water partition coefficient (Wildman–Crippen LogP) is 4.11. The van der Waals surface area contributed by atoms with Crippen LogP contribution in [0.15, 0.2) is 83.3 Å². The first kappa shape index (κ1) is 23.1. The molecule has 0 aliphatic rings. The molecule has 0 bridgehead atoms. The number of aromatic nitrogens is 4. The molecule has 4 rings (SSSR count). The Balaban J connectivity index is 1.50. The predicted molar refractivity (Wildman–Crippen MR) is 129 cm³/mol. The van der Waals surface area contributed by atoms with E-state index >= 15 is 0 Å². The van der Waals surface area contributed by atoms with Crippen LogP contribution in [0.25, 0.3) is 17.1 Å². The van der Waals surface area contributed by atoms with Gasteiger partial charge >= 0.3 is 0 Å². The molecule has 0 saturated heterocycles. The summed E-state index contributed by atoms with van der Waals surface area (Å²) < 4.78 is 20.4. The molecule has 1 amide bonds. The molecule has 172 valence electrons. The molecule has 0 unspecified atom stereocenters. The van der Waals surface area contributed by atoms with Crippen LogP contribution in [0.5, 0.6) is 5.75 Å². The number of nitrogens with one attached hydrogen (secondary N) is 1. The Kier molecular flexibility index (Phi) is 7.61. The van der Waals surface area contributed by atoms with Crippen LogP contribution in [0.1, 0.15) is 12.5 Å². The summed E-state index contributed by atoms with van der Waals surface area (Å²) in [6.45, 7) is 2.50. The lowest BCUT2D eigenvalue weighted by Crippen LogP contribution is -2.20. The average Bonchev–Trinajstić information content (AvgIpc) is 3.29. The van der Waals surface area contributed by atoms with E-state index in [1.807, 2.05) is 47.9 Å². The number of nitrogens with zero attached hydrogens (tertiary/aromatic N) is 5. The number of halogens is 1. The lowest BCUT2D eigenvalue weighted by Gasteiger charge is -2.11. The molecular formula is C24H21FN6O2S. The number of ether oxygens (including phenoxy) is 1. The minimum atomic E-state index is -0.333. The Hall–Kier alpha value is -4.05. The standard InChI is InChI=1S/C24H21FN6O2S/c1-2-33-21-11-9-20(10-12-21)31-23(18-4-3-13-26-15-18)29-30-24(31)34-16-22(32)28-27-14-17-5-7-19(25)8-6-17/h3-15H,2,16H2,1H3,(H,28,32)/b27-14+. The molecule has 0 saturated carbocycles. The molecule has 10 heteroatoms. The van der Waals surface area contributed by atoms with Crippen LogP contribution in [0, 0.1) is 5.82 Å². The molecule has 1 N–H and O–H groups in total. The van der Waals surface area contributed by atoms with Crippen molar-refractivity contribution in [1.82, 2.24) is 25.2 Å². The minimum absolute atomic E-state index is 0.0724. The van der Waals surface area contributed by atoms with Crippen molar-refractivity contribution in [3.63, 3.8) is 0 Å². The van der Waals surface area contributed by atoms with Crippen LogP contribution in [0.4, 0.5) is 4.39 Å². The number of amides is 1. The van der Waals surface area contributed by atoms with Crippen molar-refractivity contribution in [2.24, 2.45) is 5.10 Å². The third-order valence-corrected chi connectivity index (χ3v) is 5.49. The quantitative estimate of drug-likeness (QED) is 0.222. The molecule has 34 heavy (non-hydrogen) atoms. The van der Waals surface area contributed by atoms with Crippen molar-refractivity contribution in [3.8, 4) is 22.8 Å². The van der Waals surface area contributed by atoms with Crippen molar-refractivity contribution < 1.29 is 13.9 Å². The van der Waals surface area contributed by atoms with Gasteiger partial charge in [0.2, 0.25) is 0 Å². The van der Waals surface area contributed by atoms with Crippen molar-refractivity contribution in [3.05, 3.63) is 84.4 Å². The number of pyridine rings is 1. The van der Waals surface area contributed by atoms with E-state index in [1.54, 1.807) is 24.5 Å². The molecule has 0 radical (unpaired) electrons. The summed E-state index contributed by atoms with van der Waals surface area (Å²) >= 11 is 1.23. The van der Waals surface area contributed by atoms with Crippen LogP contribution in [0.2, 0.25) is 0 Å². The zero-order chi connectivity index (χ0) is 23.8. The highest BCUT2D eigenvalue weighted by molar-refractivity contribution is 7.99. The van der Waals surface area contributed by atoms with E-state index in [2.05, 4.69) is 25.7 Å². The van der Waals surface area contributed by atoms with Gasteiger partial charge in [-0.25, -0.2) is 9.82 Å². The summed E-state index contributed by atoms with van der Waals surface area (Å²) in [6, 6.07) is 17.1. The SMILES string of the molecule is CCOc1ccc(-n2c(SCC(=O)N/N=C/c3ccc(F)cc3)nnc2-c2cccnc2)cc1. The normalized spacial score (nSPS) is 11.0. The molecule has 8 nitrogen and oxygen atoms in total. The van der Waals surface area contributed by atoms with Gasteiger partial charge in [0.05, 0.1) is 18.6 Å². The maximum atomic E-state index is 13.0. The Morgan fingerprint density at radius 2 is 1.94 bits per heavy atom. The van der Waals surface area contributed by atoms with Gasteiger partial charge in [0.1, 0.15) is 11.6 Å². The van der Waals surface area contributed by atoms with Gasteiger partial charge in [-0.2, -0.15) is 5.10 Å². The number of carbonyl (C=O) groups excluding carboxylic acids is 1. The van der Waals surface area contributed by atoms with E-state index in [0.29, 0.717) is 23.2 Å². The van der Waals surface area contributed by atoms with Crippen LogP contribution >= 0.6 is 11.8 Å². The number of hydrogen-bond donors (Lipinski definition) is 1. The summed E-state index contributed by atoms with van der Waals surface area (Å²) in [5.74, 6) is 0.792. The highest BCUT2D eigenvalue weighted by atomic mass is 32.2. The molecule has 0 fully saturated rings. The zero-order valence-electron chi connectivity index (χ0n) is 18.3. The van der Waals surface area contributed by atoms with Crippen LogP contribution < -0.4 is 10.2 Å². The molecule has 2 aromatic carbocycles. The van der Waals surface area contributed by atoms with Gasteiger partial charge in [0.15, 0.2) is 11.0 Å². The number of benzene rings is 2. The first-order valence-electron chi connectivity index (χ1n) is 10.4. The molecule has 0 atom stereocenters. The Morgan fingerprint density at radius 1 is 1.15 bits per heavy atom. The Bertz CT molecular complexity index is 1260. The van der Waals surface area contributed by atoms with Gasteiger partial charge < -0.3 is 4.74 Å². The number of hydrazone groups is 1. The maximum Gasteiger partial charge on any atom is 0.250 e. The van der Waals surface area contributed by atoms with E-state index in [9.17, 15) is 9.18 Å². The topological polar surface area (TPSA) is 94.3 Å². The maximum absolute atomic E-state index is 13.0. The van der Waals surface area contributed by atoms with Gasteiger partial charge in [0.25, 0.3) is 5.91 Å². The molecular weight excluding hydrogens is 455 g/mol. The summed E-state index contributed by atoms with van der Waals surface area (Å²) in [7, 11) is 0. The van der Waals surface area contributed by atoms with Gasteiger partial charge in [-0.1, -0.05) is 23.9 Å². The second-order valence-electron chi connectivity index (χ2n) is 6.94. The number of rotatable bonds is 9. The third-order valence-electron chi connectivity index (χ3n) is 4.56. The number of hydrogen-bond acceptors (Lipinski definition) is 7. The Morgan fingerprint density at radius 3 is 2.65 bits per heavy atom. The summed E-state index contributed by atoms with van der Waals surface area (Å²) in [6.07, 6.45) is 4.85. The van der Waals surface area contributed by atoms with Crippen molar-refractivity contribution in [1.29, 1.82) is 0 Å². The lowest BCUT2D eigenvalue weighted by atomic mass is 10.2. The average molecular weight is 477 g/mol. The number of thioether (sulfide) groups is 1. The second kappa shape index (κ2) is 11.2. The van der Waals surface area contributed by atoms with Crippen LogP contribution in [0.3, 0.4) is 0 Å². The van der Waals surface area contributed by atoms with Gasteiger partial charge in [-0.3, -0.25) is 14.3 Å². The van der Waals surface area contributed by atoms with Crippen molar-refractivity contribution in [2.75, 3.05) is 12.4 Å². The van der Waals surface area contributed by atoms with E-state index < -0.39 is 0 Å². The van der Waals surface area contributed by atoms with Crippen molar-refractivity contribution >= 4 is 23.9 Å². The Labute approximate surface area is 199 Å². The molecule has 0 spiro atoms. The van der Waals surface area contributed by atoms with Gasteiger partial charge in [-0.05, 0) is 61.0 Å². The fourth-order valence-electron chi connectivity index (χ4n) is 3.03. The van der Waals surface area contributed by atoms with Crippen LogP contribution in [-0.4, -0.2) is 44.2 Å². The minimum Gasteiger partial charge on any atom is -0.494 e. The van der Waals surface area contributed by atoms with E-state index in [1.165, 1.54) is 30.1 Å². The van der Waals surface area contributed by atoms with E-state index in [0.717, 1.165) is 17.0 Å².